The summed E-state index contributed by atoms with van der Waals surface area (Å²) in [6, 6.07) is 2.88. The lowest BCUT2D eigenvalue weighted by molar-refractivity contribution is 0.251. The van der Waals surface area contributed by atoms with Gasteiger partial charge in [-0.3, -0.25) is 0 Å². The van der Waals surface area contributed by atoms with Crippen LogP contribution in [0.3, 0.4) is 0 Å². The van der Waals surface area contributed by atoms with Crippen LogP contribution in [-0.4, -0.2) is 11.3 Å². The first-order valence-corrected chi connectivity index (χ1v) is 3.53. The Hall–Kier alpha value is -1.55. The Morgan fingerprint density at radius 1 is 1.50 bits per heavy atom. The molecule has 1 aromatic rings. The Morgan fingerprint density at radius 2 is 2.33 bits per heavy atom. The van der Waals surface area contributed by atoms with Crippen molar-refractivity contribution in [3.05, 3.63) is 34.4 Å². The predicted molar refractivity (Wildman–Crippen MR) is 43.6 cm³/mol. The van der Waals surface area contributed by atoms with Crippen molar-refractivity contribution in [2.75, 3.05) is 5.32 Å². The summed E-state index contributed by atoms with van der Waals surface area (Å²) in [4.78, 5) is 10.7. The number of hydrogen-bond acceptors (Lipinski definition) is 4. The Morgan fingerprint density at radius 3 is 3.17 bits per heavy atom. The molecule has 2 rings (SSSR count). The van der Waals surface area contributed by atoms with E-state index in [2.05, 4.69) is 5.32 Å². The van der Waals surface area contributed by atoms with Crippen molar-refractivity contribution >= 4 is 11.8 Å². The van der Waals surface area contributed by atoms with E-state index in [0.29, 0.717) is 11.4 Å². The summed E-state index contributed by atoms with van der Waals surface area (Å²) >= 11 is 0. The van der Waals surface area contributed by atoms with Gasteiger partial charge in [0.2, 0.25) is 0 Å². The van der Waals surface area contributed by atoms with Gasteiger partial charge in [0.1, 0.15) is 6.23 Å². The molecule has 0 saturated heterocycles. The van der Waals surface area contributed by atoms with Crippen molar-refractivity contribution < 1.29 is 9.52 Å². The van der Waals surface area contributed by atoms with Crippen LogP contribution >= 0.6 is 0 Å². The second-order valence-corrected chi connectivity index (χ2v) is 2.48. The zero-order valence-electron chi connectivity index (χ0n) is 6.15. The minimum atomic E-state index is -0.704. The van der Waals surface area contributed by atoms with Gasteiger partial charge in [0.15, 0.2) is 5.76 Å². The number of aliphatic hydroxyl groups excluding tert-OH is 1. The van der Waals surface area contributed by atoms with E-state index in [1.807, 2.05) is 0 Å². The third kappa shape index (κ3) is 1.12. The Balaban J connectivity index is 2.54. The maximum atomic E-state index is 10.7. The molecule has 4 nitrogen and oxygen atoms in total. The van der Waals surface area contributed by atoms with Crippen LogP contribution in [0.4, 0.5) is 5.69 Å². The molecule has 0 saturated carbocycles. The van der Waals surface area contributed by atoms with Crippen molar-refractivity contribution in [1.82, 2.24) is 0 Å². The summed E-state index contributed by atoms with van der Waals surface area (Å²) in [7, 11) is 0. The summed E-state index contributed by atoms with van der Waals surface area (Å²) in [6.45, 7) is 0. The Labute approximate surface area is 68.1 Å². The van der Waals surface area contributed by atoms with Gasteiger partial charge < -0.3 is 14.8 Å². The van der Waals surface area contributed by atoms with Gasteiger partial charge in [-0.25, -0.2) is 4.79 Å². The second-order valence-electron chi connectivity index (χ2n) is 2.48. The summed E-state index contributed by atoms with van der Waals surface area (Å²) < 4.78 is 4.83. The normalized spacial score (nSPS) is 19.9. The van der Waals surface area contributed by atoms with Crippen LogP contribution in [0.15, 0.2) is 27.4 Å². The highest BCUT2D eigenvalue weighted by molar-refractivity contribution is 5.65. The molecule has 0 amide bonds. The van der Waals surface area contributed by atoms with E-state index in [-0.39, 0.29) is 0 Å². The second kappa shape index (κ2) is 2.49. The molecule has 0 bridgehead atoms. The fraction of sp³-hybridized carbons (Fsp3) is 0.125. The van der Waals surface area contributed by atoms with E-state index in [1.54, 1.807) is 12.1 Å². The van der Waals surface area contributed by atoms with Crippen LogP contribution in [0, 0.1) is 0 Å². The lowest BCUT2D eigenvalue weighted by Crippen LogP contribution is -2.19. The zero-order chi connectivity index (χ0) is 8.55. The van der Waals surface area contributed by atoms with E-state index in [9.17, 15) is 4.79 Å². The molecule has 1 aliphatic heterocycles. The van der Waals surface area contributed by atoms with E-state index in [0.717, 1.165) is 0 Å². The molecule has 2 heterocycles. The summed E-state index contributed by atoms with van der Waals surface area (Å²) in [5, 5.41) is 11.8. The van der Waals surface area contributed by atoms with Crippen LogP contribution in [0.1, 0.15) is 5.76 Å². The van der Waals surface area contributed by atoms with Gasteiger partial charge >= 0.3 is 5.63 Å². The minimum Gasteiger partial charge on any atom is -0.421 e. The minimum absolute atomic E-state index is 0.392. The van der Waals surface area contributed by atoms with Crippen molar-refractivity contribution in [2.24, 2.45) is 0 Å². The van der Waals surface area contributed by atoms with Gasteiger partial charge in [-0.2, -0.15) is 0 Å². The molecule has 0 spiro atoms. The first kappa shape index (κ1) is 7.12. The predicted octanol–water partition coefficient (Wildman–Crippen LogP) is 0.397. The summed E-state index contributed by atoms with van der Waals surface area (Å²) in [5.41, 5.74) is 0.237. The number of nitrogens with one attached hydrogen (secondary N) is 1. The van der Waals surface area contributed by atoms with E-state index in [4.69, 9.17) is 9.52 Å². The van der Waals surface area contributed by atoms with Crippen molar-refractivity contribution in [3.8, 4) is 0 Å². The number of anilines is 1. The summed E-state index contributed by atoms with van der Waals surface area (Å²) in [6.07, 6.45) is 2.37. The smallest absolute Gasteiger partial charge is 0.336 e. The number of fused-ring (bicyclic) bond motifs is 1. The zero-order valence-corrected chi connectivity index (χ0v) is 6.15. The molecule has 1 unspecified atom stereocenters. The van der Waals surface area contributed by atoms with Crippen LogP contribution in [-0.2, 0) is 0 Å². The maximum absolute atomic E-state index is 10.7. The number of hydrogen-bond donors (Lipinski definition) is 2. The molecule has 0 fully saturated rings. The summed E-state index contributed by atoms with van der Waals surface area (Å²) in [5.74, 6) is 0.452. The molecule has 0 radical (unpaired) electrons. The fourth-order valence-corrected chi connectivity index (χ4v) is 1.06. The first-order chi connectivity index (χ1) is 5.75. The van der Waals surface area contributed by atoms with Crippen LogP contribution in [0.2, 0.25) is 0 Å². The van der Waals surface area contributed by atoms with E-state index in [1.165, 1.54) is 12.1 Å². The molecule has 62 valence electrons. The van der Waals surface area contributed by atoms with Gasteiger partial charge in [-0.15, -0.1) is 0 Å². The Kier molecular flexibility index (Phi) is 1.48. The Bertz CT molecular complexity index is 380. The molecule has 2 N–H and O–H groups in total. The van der Waals surface area contributed by atoms with E-state index < -0.39 is 11.9 Å². The largest absolute Gasteiger partial charge is 0.421 e. The lowest BCUT2D eigenvalue weighted by atomic mass is 10.2. The molecular weight excluding hydrogens is 158 g/mol. The van der Waals surface area contributed by atoms with Crippen LogP contribution < -0.4 is 10.9 Å². The van der Waals surface area contributed by atoms with Gasteiger partial charge in [0.05, 0.1) is 5.69 Å². The topological polar surface area (TPSA) is 62.5 Å². The number of aliphatic hydroxyl groups is 1. The van der Waals surface area contributed by atoms with Gasteiger partial charge in [0.25, 0.3) is 0 Å². The van der Waals surface area contributed by atoms with Crippen molar-refractivity contribution in [2.45, 2.75) is 6.23 Å². The standard InChI is InChI=1S/C8H7NO3/c10-7-3-2-6-5(9-7)1-4-8(11)12-6/h1-4,7,9-10H. The molecule has 0 aromatic carbocycles. The molecule has 1 aromatic heterocycles. The molecular formula is C8H7NO3. The monoisotopic (exact) mass is 165 g/mol. The average Bonchev–Trinajstić information content (AvgIpc) is 2.05. The van der Waals surface area contributed by atoms with Gasteiger partial charge in [-0.05, 0) is 18.2 Å². The lowest BCUT2D eigenvalue weighted by Gasteiger charge is -2.15. The molecule has 1 aliphatic rings. The molecule has 1 atom stereocenters. The highest BCUT2D eigenvalue weighted by atomic mass is 16.4. The van der Waals surface area contributed by atoms with E-state index >= 15 is 0 Å². The van der Waals surface area contributed by atoms with Crippen molar-refractivity contribution in [1.29, 1.82) is 0 Å². The molecule has 0 aliphatic carbocycles. The quantitative estimate of drug-likeness (QED) is 0.584. The SMILES string of the molecule is O=c1ccc2c(o1)C=CC(O)N2. The highest BCUT2D eigenvalue weighted by Gasteiger charge is 2.10. The fourth-order valence-electron chi connectivity index (χ4n) is 1.06. The number of rotatable bonds is 0. The average molecular weight is 165 g/mol. The van der Waals surface area contributed by atoms with Crippen LogP contribution in [0.25, 0.3) is 6.08 Å². The third-order valence-electron chi connectivity index (χ3n) is 1.60. The van der Waals surface area contributed by atoms with Crippen LogP contribution in [0.5, 0.6) is 0 Å². The maximum Gasteiger partial charge on any atom is 0.336 e. The highest BCUT2D eigenvalue weighted by Crippen LogP contribution is 2.19. The molecule has 4 heteroatoms. The van der Waals surface area contributed by atoms with Gasteiger partial charge in [-0.1, -0.05) is 0 Å². The molecule has 12 heavy (non-hydrogen) atoms. The third-order valence-corrected chi connectivity index (χ3v) is 1.60. The van der Waals surface area contributed by atoms with Gasteiger partial charge in [0, 0.05) is 6.07 Å². The van der Waals surface area contributed by atoms with Crippen molar-refractivity contribution in [3.63, 3.8) is 0 Å². The first-order valence-electron chi connectivity index (χ1n) is 3.53.